The molecule has 3 aromatic rings. The van der Waals surface area contributed by atoms with E-state index in [1.165, 1.54) is 11.1 Å². The van der Waals surface area contributed by atoms with Gasteiger partial charge < -0.3 is 0 Å². The van der Waals surface area contributed by atoms with Crippen LogP contribution in [0.5, 0.6) is 0 Å². The summed E-state index contributed by atoms with van der Waals surface area (Å²) in [5, 5.41) is 0. The molecular weight excluding hydrogens is 316 g/mol. The van der Waals surface area contributed by atoms with Crippen LogP contribution in [-0.2, 0) is 0 Å². The van der Waals surface area contributed by atoms with E-state index in [2.05, 4.69) is 81.4 Å². The molecule has 0 bridgehead atoms. The van der Waals surface area contributed by atoms with Gasteiger partial charge in [0.25, 0.3) is 0 Å². The van der Waals surface area contributed by atoms with Gasteiger partial charge in [-0.2, -0.15) is 0 Å². The lowest BCUT2D eigenvalue weighted by Crippen LogP contribution is -2.14. The van der Waals surface area contributed by atoms with E-state index in [9.17, 15) is 0 Å². The van der Waals surface area contributed by atoms with Crippen molar-refractivity contribution in [3.05, 3.63) is 83.6 Å². The molecule has 1 unspecified atom stereocenters. The summed E-state index contributed by atoms with van der Waals surface area (Å²) in [6, 6.07) is 23.2. The molecule has 0 saturated heterocycles. The second-order valence-electron chi connectivity index (χ2n) is 7.38. The van der Waals surface area contributed by atoms with E-state index in [0.29, 0.717) is 11.8 Å². The Hall–Kier alpha value is -2.74. The molecule has 0 fully saturated rings. The molecule has 2 nitrogen and oxygen atoms in total. The zero-order valence-electron chi connectivity index (χ0n) is 15.6. The van der Waals surface area contributed by atoms with Gasteiger partial charge in [-0.05, 0) is 41.5 Å². The third-order valence-electron chi connectivity index (χ3n) is 5.11. The Morgan fingerprint density at radius 3 is 2.35 bits per heavy atom. The predicted molar refractivity (Wildman–Crippen MR) is 109 cm³/mol. The molecule has 130 valence electrons. The van der Waals surface area contributed by atoms with Gasteiger partial charge in [0.15, 0.2) is 0 Å². The van der Waals surface area contributed by atoms with Gasteiger partial charge in [-0.25, -0.2) is 4.98 Å². The third-order valence-corrected chi connectivity index (χ3v) is 5.11. The van der Waals surface area contributed by atoms with Crippen LogP contribution >= 0.6 is 0 Å². The summed E-state index contributed by atoms with van der Waals surface area (Å²) in [6.07, 6.45) is 0.930. The lowest BCUT2D eigenvalue weighted by atomic mass is 9.86. The van der Waals surface area contributed by atoms with Crippen LogP contribution in [-0.4, -0.2) is 10.7 Å². The minimum absolute atomic E-state index is 0.457. The average Bonchev–Trinajstić information content (AvgIpc) is 2.68. The van der Waals surface area contributed by atoms with Crippen LogP contribution in [0, 0.1) is 0 Å². The lowest BCUT2D eigenvalue weighted by molar-refractivity contribution is 0.777. The Morgan fingerprint density at radius 1 is 0.846 bits per heavy atom. The molecule has 1 aliphatic heterocycles. The summed E-state index contributed by atoms with van der Waals surface area (Å²) < 4.78 is 0. The molecule has 26 heavy (non-hydrogen) atoms. The van der Waals surface area contributed by atoms with Gasteiger partial charge in [-0.1, -0.05) is 75.4 Å². The Kier molecular flexibility index (Phi) is 4.42. The van der Waals surface area contributed by atoms with Crippen LogP contribution in [0.1, 0.15) is 55.8 Å². The Balaban J connectivity index is 1.80. The molecule has 1 aliphatic rings. The largest absolute Gasteiger partial charge is 0.251 e. The fourth-order valence-electron chi connectivity index (χ4n) is 3.68. The third kappa shape index (κ3) is 3.08. The van der Waals surface area contributed by atoms with E-state index >= 15 is 0 Å². The fourth-order valence-corrected chi connectivity index (χ4v) is 3.68. The SMILES string of the molecule is CC(C)c1cccc2c1N=C(c1cccc(-c3ccccc3)n1)CC2C. The Labute approximate surface area is 155 Å². The number of aromatic nitrogens is 1. The Morgan fingerprint density at radius 2 is 1.58 bits per heavy atom. The quantitative estimate of drug-likeness (QED) is 0.534. The first-order valence-corrected chi connectivity index (χ1v) is 9.36. The van der Waals surface area contributed by atoms with E-state index in [-0.39, 0.29) is 0 Å². The van der Waals surface area contributed by atoms with Gasteiger partial charge >= 0.3 is 0 Å². The molecule has 1 atom stereocenters. The molecule has 1 aromatic heterocycles. The van der Waals surface area contributed by atoms with Gasteiger partial charge in [0.05, 0.1) is 22.8 Å². The lowest BCUT2D eigenvalue weighted by Gasteiger charge is -2.24. The average molecular weight is 340 g/mol. The number of benzene rings is 2. The minimum atomic E-state index is 0.457. The summed E-state index contributed by atoms with van der Waals surface area (Å²) in [5.41, 5.74) is 8.06. The zero-order valence-corrected chi connectivity index (χ0v) is 15.6. The molecule has 0 spiro atoms. The van der Waals surface area contributed by atoms with Crippen LogP contribution in [0.25, 0.3) is 11.3 Å². The van der Waals surface area contributed by atoms with E-state index in [1.54, 1.807) is 0 Å². The number of para-hydroxylation sites is 1. The van der Waals surface area contributed by atoms with Crippen LogP contribution in [0.4, 0.5) is 5.69 Å². The highest BCUT2D eigenvalue weighted by Crippen LogP contribution is 2.40. The van der Waals surface area contributed by atoms with Crippen molar-refractivity contribution in [1.82, 2.24) is 4.98 Å². The van der Waals surface area contributed by atoms with Crippen molar-refractivity contribution in [2.24, 2.45) is 4.99 Å². The summed E-state index contributed by atoms with van der Waals surface area (Å²) in [5.74, 6) is 0.919. The van der Waals surface area contributed by atoms with Gasteiger partial charge in [0.1, 0.15) is 0 Å². The topological polar surface area (TPSA) is 25.2 Å². The first kappa shape index (κ1) is 16.7. The van der Waals surface area contributed by atoms with Crippen LogP contribution in [0.3, 0.4) is 0 Å². The molecule has 0 saturated carbocycles. The minimum Gasteiger partial charge on any atom is -0.251 e. The predicted octanol–water partition coefficient (Wildman–Crippen LogP) is 6.50. The van der Waals surface area contributed by atoms with Crippen molar-refractivity contribution < 1.29 is 0 Å². The number of hydrogen-bond acceptors (Lipinski definition) is 2. The highest BCUT2D eigenvalue weighted by atomic mass is 14.8. The number of fused-ring (bicyclic) bond motifs is 1. The Bertz CT molecular complexity index is 955. The van der Waals surface area contributed by atoms with Crippen molar-refractivity contribution in [1.29, 1.82) is 0 Å². The first-order chi connectivity index (χ1) is 12.6. The molecule has 0 N–H and O–H groups in total. The van der Waals surface area contributed by atoms with Gasteiger partial charge in [0.2, 0.25) is 0 Å². The van der Waals surface area contributed by atoms with E-state index in [0.717, 1.165) is 34.8 Å². The van der Waals surface area contributed by atoms with E-state index in [1.807, 2.05) is 6.07 Å². The molecule has 2 aromatic carbocycles. The molecule has 0 amide bonds. The van der Waals surface area contributed by atoms with Gasteiger partial charge in [-0.3, -0.25) is 4.99 Å². The molecule has 2 heteroatoms. The molecule has 2 heterocycles. The number of nitrogens with zero attached hydrogens (tertiary/aromatic N) is 2. The summed E-state index contributed by atoms with van der Waals surface area (Å²) in [6.45, 7) is 6.76. The number of hydrogen-bond donors (Lipinski definition) is 0. The standard InChI is InChI=1S/C24H24N2/c1-16(2)19-11-7-12-20-17(3)15-23(26-24(19)20)22-14-8-13-21(25-22)18-9-5-4-6-10-18/h4-14,16-17H,15H2,1-3H3. The molecule has 4 rings (SSSR count). The van der Waals surface area contributed by atoms with Gasteiger partial charge in [-0.15, -0.1) is 0 Å². The second-order valence-corrected chi connectivity index (χ2v) is 7.38. The second kappa shape index (κ2) is 6.87. The molecule has 0 aliphatic carbocycles. The van der Waals surface area contributed by atoms with Crippen LogP contribution < -0.4 is 0 Å². The van der Waals surface area contributed by atoms with Crippen molar-refractivity contribution >= 4 is 11.4 Å². The van der Waals surface area contributed by atoms with E-state index in [4.69, 9.17) is 9.98 Å². The van der Waals surface area contributed by atoms with Crippen LogP contribution in [0.2, 0.25) is 0 Å². The smallest absolute Gasteiger partial charge is 0.0852 e. The highest BCUT2D eigenvalue weighted by molar-refractivity contribution is 6.03. The maximum Gasteiger partial charge on any atom is 0.0852 e. The zero-order chi connectivity index (χ0) is 18.1. The maximum absolute atomic E-state index is 5.08. The fraction of sp³-hybridized carbons (Fsp3) is 0.250. The summed E-state index contributed by atoms with van der Waals surface area (Å²) >= 11 is 0. The van der Waals surface area contributed by atoms with Crippen molar-refractivity contribution in [2.45, 2.75) is 39.0 Å². The van der Waals surface area contributed by atoms with Crippen molar-refractivity contribution in [3.63, 3.8) is 0 Å². The normalized spacial score (nSPS) is 16.3. The van der Waals surface area contributed by atoms with Crippen molar-refractivity contribution in [2.75, 3.05) is 0 Å². The number of pyridine rings is 1. The van der Waals surface area contributed by atoms with Crippen LogP contribution in [0.15, 0.2) is 71.7 Å². The maximum atomic E-state index is 5.08. The molecular formula is C24H24N2. The first-order valence-electron chi connectivity index (χ1n) is 9.36. The highest BCUT2D eigenvalue weighted by Gasteiger charge is 2.23. The van der Waals surface area contributed by atoms with Crippen molar-refractivity contribution in [3.8, 4) is 11.3 Å². The molecule has 0 radical (unpaired) electrons. The number of rotatable bonds is 3. The monoisotopic (exact) mass is 340 g/mol. The summed E-state index contributed by atoms with van der Waals surface area (Å²) in [4.78, 5) is 9.99. The summed E-state index contributed by atoms with van der Waals surface area (Å²) in [7, 11) is 0. The number of aliphatic imine (C=N–C) groups is 1. The van der Waals surface area contributed by atoms with E-state index < -0.39 is 0 Å². The van der Waals surface area contributed by atoms with Gasteiger partial charge in [0, 0.05) is 5.56 Å².